The average Bonchev–Trinajstić information content (AvgIpc) is 3.53. The summed E-state index contributed by atoms with van der Waals surface area (Å²) in [7, 11) is 1.46. The Morgan fingerprint density at radius 1 is 0.982 bits per heavy atom. The number of amides is 5. The van der Waals surface area contributed by atoms with Crippen LogP contribution in [0.25, 0.3) is 10.4 Å². The Balaban J connectivity index is 1.63. The van der Waals surface area contributed by atoms with E-state index in [1.807, 2.05) is 0 Å². The smallest absolute Gasteiger partial charge is 0.410 e. The largest absolute Gasteiger partial charge is 0.444 e. The Labute approximate surface area is 322 Å². The maximum atomic E-state index is 14.3. The first-order chi connectivity index (χ1) is 26.3. The average molecular weight is 775 g/mol. The number of benzene rings is 1. The SMILES string of the molecule is CC[C@@H](C(=O)N[C@@H]1C(=O)N2[C@@H](CC[C@@H]1CO)CC[C@H]2C(=O)N[C@H](C(=O)NCCOCCOCCOCCN=[N+]=[N-])c1ccccc1)N(C)C(=O)OC(C)(C)C. The van der Waals surface area contributed by atoms with Gasteiger partial charge in [0, 0.05) is 43.6 Å². The lowest BCUT2D eigenvalue weighted by Gasteiger charge is -2.34. The molecule has 0 saturated carbocycles. The Kier molecular flexibility index (Phi) is 18.6. The summed E-state index contributed by atoms with van der Waals surface area (Å²) in [6.45, 7) is 8.79. The summed E-state index contributed by atoms with van der Waals surface area (Å²) in [5.74, 6) is -2.66. The number of fused-ring (bicyclic) bond motifs is 1. The maximum absolute atomic E-state index is 14.3. The van der Waals surface area contributed by atoms with Crippen molar-refractivity contribution in [2.75, 3.05) is 66.4 Å². The van der Waals surface area contributed by atoms with Crippen LogP contribution < -0.4 is 16.0 Å². The molecule has 3 rings (SSSR count). The third kappa shape index (κ3) is 14.0. The van der Waals surface area contributed by atoms with Crippen molar-refractivity contribution in [3.05, 3.63) is 46.3 Å². The molecule has 2 saturated heterocycles. The molecule has 4 N–H and O–H groups in total. The number of ether oxygens (including phenoxy) is 4. The molecule has 0 unspecified atom stereocenters. The molecule has 6 atom stereocenters. The topological polar surface area (TPSA) is 234 Å². The van der Waals surface area contributed by atoms with Crippen LogP contribution in [0.5, 0.6) is 0 Å². The van der Waals surface area contributed by atoms with Crippen molar-refractivity contribution in [2.24, 2.45) is 11.0 Å². The lowest BCUT2D eigenvalue weighted by Crippen LogP contribution is -2.59. The molecule has 1 aromatic carbocycles. The molecule has 0 aliphatic carbocycles. The molecular formula is C37H58N8O10. The molecule has 5 amide bonds. The van der Waals surface area contributed by atoms with E-state index in [1.165, 1.54) is 16.8 Å². The summed E-state index contributed by atoms with van der Waals surface area (Å²) in [5, 5.41) is 22.2. The van der Waals surface area contributed by atoms with Crippen LogP contribution in [-0.4, -0.2) is 141 Å². The lowest BCUT2D eigenvalue weighted by atomic mass is 9.93. The van der Waals surface area contributed by atoms with Crippen molar-refractivity contribution in [3.63, 3.8) is 0 Å². The highest BCUT2D eigenvalue weighted by atomic mass is 16.6. The van der Waals surface area contributed by atoms with Gasteiger partial charge in [-0.2, -0.15) is 0 Å². The zero-order chi connectivity index (χ0) is 40.4. The number of hydrogen-bond donors (Lipinski definition) is 4. The van der Waals surface area contributed by atoms with Crippen LogP contribution >= 0.6 is 0 Å². The van der Waals surface area contributed by atoms with Gasteiger partial charge in [-0.15, -0.1) is 0 Å². The van der Waals surface area contributed by atoms with Gasteiger partial charge >= 0.3 is 6.09 Å². The van der Waals surface area contributed by atoms with Crippen LogP contribution in [0, 0.1) is 5.92 Å². The molecule has 0 radical (unpaired) electrons. The van der Waals surface area contributed by atoms with E-state index < -0.39 is 65.4 Å². The van der Waals surface area contributed by atoms with Gasteiger partial charge < -0.3 is 44.9 Å². The number of likely N-dealkylation sites (N-methyl/N-ethyl adjacent to an activating group) is 1. The summed E-state index contributed by atoms with van der Waals surface area (Å²) in [5.41, 5.74) is 8.02. The molecular weight excluding hydrogens is 716 g/mol. The van der Waals surface area contributed by atoms with Gasteiger partial charge in [0.15, 0.2) is 0 Å². The number of carbonyl (C=O) groups is 5. The zero-order valence-corrected chi connectivity index (χ0v) is 32.6. The molecule has 2 aliphatic heterocycles. The van der Waals surface area contributed by atoms with Gasteiger partial charge in [0.25, 0.3) is 0 Å². The molecule has 1 aromatic rings. The Morgan fingerprint density at radius 2 is 1.62 bits per heavy atom. The summed E-state index contributed by atoms with van der Waals surface area (Å²) in [6.07, 6.45) is 1.39. The standard InChI is InChI=1S/C37H58N8O10/c1-6-28(44(5)36(51)55-37(2,3)4)32(47)42-31-26(24-46)12-13-27-14-15-29(45(27)35(31)50)33(48)41-30(25-10-8-7-9-11-25)34(49)39-16-18-52-20-22-54-23-21-53-19-17-40-43-38/h7-11,26-31,46H,6,12-24H2,1-5H3,(H,39,49)(H,41,48)(H,42,47)/t26-,27+,28+,29+,30+,31+/m1/s1. The van der Waals surface area contributed by atoms with Gasteiger partial charge in [-0.25, -0.2) is 4.79 Å². The van der Waals surface area contributed by atoms with E-state index in [4.69, 9.17) is 24.5 Å². The highest BCUT2D eigenvalue weighted by Crippen LogP contribution is 2.34. The number of hydrogen-bond acceptors (Lipinski definition) is 11. The van der Waals surface area contributed by atoms with Crippen LogP contribution in [0.2, 0.25) is 0 Å². The van der Waals surface area contributed by atoms with E-state index in [9.17, 15) is 29.1 Å². The molecule has 0 spiro atoms. The molecule has 306 valence electrons. The van der Waals surface area contributed by atoms with Gasteiger partial charge in [0.2, 0.25) is 23.6 Å². The van der Waals surface area contributed by atoms with Gasteiger partial charge in [-0.3, -0.25) is 24.1 Å². The van der Waals surface area contributed by atoms with E-state index in [0.717, 1.165) is 0 Å². The van der Waals surface area contributed by atoms with Crippen LogP contribution in [0.15, 0.2) is 35.4 Å². The minimum Gasteiger partial charge on any atom is -0.444 e. The Bertz CT molecular complexity index is 1450. The number of nitrogens with one attached hydrogen (secondary N) is 3. The van der Waals surface area contributed by atoms with E-state index in [2.05, 4.69) is 26.0 Å². The van der Waals surface area contributed by atoms with Gasteiger partial charge in [0.1, 0.15) is 29.8 Å². The molecule has 0 bridgehead atoms. The number of nitrogens with zero attached hydrogens (tertiary/aromatic N) is 5. The molecule has 18 nitrogen and oxygen atoms in total. The van der Waals surface area contributed by atoms with Crippen LogP contribution in [0.4, 0.5) is 4.79 Å². The second kappa shape index (κ2) is 22.8. The number of azide groups is 1. The van der Waals surface area contributed by atoms with Gasteiger partial charge in [0.05, 0.1) is 39.6 Å². The third-order valence-corrected chi connectivity index (χ3v) is 9.41. The summed E-state index contributed by atoms with van der Waals surface area (Å²) < 4.78 is 21.7. The lowest BCUT2D eigenvalue weighted by molar-refractivity contribution is -0.145. The number of rotatable bonds is 21. The predicted molar refractivity (Wildman–Crippen MR) is 200 cm³/mol. The second-order valence-electron chi connectivity index (χ2n) is 14.4. The quantitative estimate of drug-likeness (QED) is 0.0615. The van der Waals surface area contributed by atoms with Crippen molar-refractivity contribution in [1.82, 2.24) is 25.8 Å². The first kappa shape index (κ1) is 44.9. The minimum absolute atomic E-state index is 0.169. The number of aliphatic hydroxyl groups excluding tert-OH is 1. The van der Waals surface area contributed by atoms with E-state index in [-0.39, 0.29) is 45.4 Å². The summed E-state index contributed by atoms with van der Waals surface area (Å²) >= 11 is 0. The maximum Gasteiger partial charge on any atom is 0.410 e. The highest BCUT2D eigenvalue weighted by molar-refractivity contribution is 5.96. The normalized spacial score (nSPS) is 20.6. The first-order valence-corrected chi connectivity index (χ1v) is 18.9. The van der Waals surface area contributed by atoms with Crippen LogP contribution in [0.3, 0.4) is 0 Å². The van der Waals surface area contributed by atoms with E-state index in [1.54, 1.807) is 58.0 Å². The first-order valence-electron chi connectivity index (χ1n) is 18.9. The molecule has 55 heavy (non-hydrogen) atoms. The van der Waals surface area contributed by atoms with Crippen molar-refractivity contribution in [2.45, 2.75) is 95.6 Å². The van der Waals surface area contributed by atoms with Crippen LogP contribution in [0.1, 0.15) is 71.4 Å². The fourth-order valence-corrected chi connectivity index (χ4v) is 6.64. The Morgan fingerprint density at radius 3 is 2.24 bits per heavy atom. The molecule has 2 fully saturated rings. The molecule has 0 aromatic heterocycles. The minimum atomic E-state index is -1.14. The number of carbonyl (C=O) groups excluding carboxylic acids is 5. The van der Waals surface area contributed by atoms with Crippen molar-refractivity contribution in [1.29, 1.82) is 0 Å². The molecule has 2 heterocycles. The molecule has 18 heteroatoms. The predicted octanol–water partition coefficient (Wildman–Crippen LogP) is 2.21. The number of aliphatic hydroxyl groups is 1. The fraction of sp³-hybridized carbons (Fsp3) is 0.703. The highest BCUT2D eigenvalue weighted by Gasteiger charge is 2.48. The summed E-state index contributed by atoms with van der Waals surface area (Å²) in [4.78, 5) is 73.5. The van der Waals surface area contributed by atoms with E-state index in [0.29, 0.717) is 57.7 Å². The van der Waals surface area contributed by atoms with Gasteiger partial charge in [-0.05, 0) is 64.0 Å². The fourth-order valence-electron chi connectivity index (χ4n) is 6.64. The zero-order valence-electron chi connectivity index (χ0n) is 32.6. The Hall–Kier alpha value is -4.48. The van der Waals surface area contributed by atoms with E-state index >= 15 is 0 Å². The van der Waals surface area contributed by atoms with Crippen LogP contribution in [-0.2, 0) is 38.1 Å². The summed E-state index contributed by atoms with van der Waals surface area (Å²) in [6, 6.07) is 4.39. The monoisotopic (exact) mass is 774 g/mol. The third-order valence-electron chi connectivity index (χ3n) is 9.41. The van der Waals surface area contributed by atoms with Crippen molar-refractivity contribution < 1.29 is 48.0 Å². The van der Waals surface area contributed by atoms with Gasteiger partial charge in [-0.1, -0.05) is 42.4 Å². The van der Waals surface area contributed by atoms with Crippen molar-refractivity contribution in [3.8, 4) is 0 Å². The second-order valence-corrected chi connectivity index (χ2v) is 14.4. The van der Waals surface area contributed by atoms with Crippen molar-refractivity contribution >= 4 is 29.7 Å². The molecule has 2 aliphatic rings.